The number of rotatable bonds is 5. The van der Waals surface area contributed by atoms with E-state index in [1.54, 1.807) is 47.2 Å². The van der Waals surface area contributed by atoms with Gasteiger partial charge in [0.2, 0.25) is 5.91 Å². The maximum atomic E-state index is 12.8. The topological polar surface area (TPSA) is 90.0 Å². The van der Waals surface area contributed by atoms with Crippen molar-refractivity contribution < 1.29 is 4.79 Å². The number of carbonyl (C=O) groups excluding carboxylic acids is 1. The van der Waals surface area contributed by atoms with E-state index in [1.165, 1.54) is 12.2 Å². The van der Waals surface area contributed by atoms with Gasteiger partial charge in [0.15, 0.2) is 0 Å². The zero-order valence-electron chi connectivity index (χ0n) is 16.2. The normalized spacial score (nSPS) is 11.1. The van der Waals surface area contributed by atoms with Crippen LogP contribution in [0.4, 0.5) is 11.4 Å². The van der Waals surface area contributed by atoms with Crippen LogP contribution in [-0.2, 0) is 11.3 Å². The molecule has 2 aromatic carbocycles. The maximum absolute atomic E-state index is 12.8. The third kappa shape index (κ3) is 4.28. The van der Waals surface area contributed by atoms with E-state index in [9.17, 15) is 9.59 Å². The molecule has 0 saturated heterocycles. The van der Waals surface area contributed by atoms with Crippen molar-refractivity contribution in [2.24, 2.45) is 0 Å². The summed E-state index contributed by atoms with van der Waals surface area (Å²) in [7, 11) is 0. The van der Waals surface area contributed by atoms with Gasteiger partial charge in [-0.3, -0.25) is 14.6 Å². The SMILES string of the molecule is Nc1ccccc1NC(=O)/C=C/c1cccn(Cc2ccc3ccccc3n2)c1=O. The van der Waals surface area contributed by atoms with Crippen molar-refractivity contribution in [2.45, 2.75) is 6.54 Å². The van der Waals surface area contributed by atoms with Gasteiger partial charge in [0, 0.05) is 23.2 Å². The first-order valence-electron chi connectivity index (χ1n) is 9.48. The van der Waals surface area contributed by atoms with Crippen molar-refractivity contribution in [3.63, 3.8) is 0 Å². The Morgan fingerprint density at radius 1 is 1.00 bits per heavy atom. The molecule has 6 heteroatoms. The zero-order chi connectivity index (χ0) is 20.9. The van der Waals surface area contributed by atoms with Gasteiger partial charge in [0.1, 0.15) is 0 Å². The molecule has 0 atom stereocenters. The summed E-state index contributed by atoms with van der Waals surface area (Å²) in [4.78, 5) is 29.6. The van der Waals surface area contributed by atoms with Crippen LogP contribution in [0, 0.1) is 0 Å². The lowest BCUT2D eigenvalue weighted by molar-refractivity contribution is -0.111. The van der Waals surface area contributed by atoms with Crippen LogP contribution in [0.25, 0.3) is 17.0 Å². The molecule has 1 amide bonds. The van der Waals surface area contributed by atoms with Crippen molar-refractivity contribution in [1.82, 2.24) is 9.55 Å². The standard InChI is InChI=1S/C24H20N4O2/c25-20-8-2-4-10-22(20)27-23(29)14-12-18-7-5-15-28(24(18)30)16-19-13-11-17-6-1-3-9-21(17)26-19/h1-15H,16,25H2,(H,27,29)/b14-12+. The lowest BCUT2D eigenvalue weighted by Gasteiger charge is -2.07. The molecule has 6 nitrogen and oxygen atoms in total. The van der Waals surface area contributed by atoms with Gasteiger partial charge in [0.05, 0.1) is 29.1 Å². The Hall–Kier alpha value is -4.19. The van der Waals surface area contributed by atoms with Crippen LogP contribution in [0.3, 0.4) is 0 Å². The molecule has 0 bridgehead atoms. The number of amides is 1. The summed E-state index contributed by atoms with van der Waals surface area (Å²) >= 11 is 0. The number of fused-ring (bicyclic) bond motifs is 1. The summed E-state index contributed by atoms with van der Waals surface area (Å²) in [5.74, 6) is -0.362. The predicted octanol–water partition coefficient (Wildman–Crippen LogP) is 3.68. The molecule has 0 radical (unpaired) electrons. The van der Waals surface area contributed by atoms with E-state index in [0.717, 1.165) is 16.6 Å². The second kappa shape index (κ2) is 8.45. The van der Waals surface area contributed by atoms with Crippen LogP contribution >= 0.6 is 0 Å². The summed E-state index contributed by atoms with van der Waals surface area (Å²) in [6, 6.07) is 22.2. The Morgan fingerprint density at radius 3 is 2.67 bits per heavy atom. The Morgan fingerprint density at radius 2 is 1.80 bits per heavy atom. The number of nitrogens with two attached hydrogens (primary N) is 1. The Balaban J connectivity index is 1.52. The number of nitrogens with one attached hydrogen (secondary N) is 1. The lowest BCUT2D eigenvalue weighted by atomic mass is 10.2. The van der Waals surface area contributed by atoms with E-state index < -0.39 is 0 Å². The summed E-state index contributed by atoms with van der Waals surface area (Å²) in [6.45, 7) is 0.345. The summed E-state index contributed by atoms with van der Waals surface area (Å²) in [5, 5.41) is 3.75. The molecule has 3 N–H and O–H groups in total. The average Bonchev–Trinajstić information content (AvgIpc) is 2.76. The molecule has 30 heavy (non-hydrogen) atoms. The highest BCUT2D eigenvalue weighted by molar-refractivity contribution is 6.03. The second-order valence-corrected chi connectivity index (χ2v) is 6.80. The second-order valence-electron chi connectivity index (χ2n) is 6.80. The van der Waals surface area contributed by atoms with E-state index in [4.69, 9.17) is 5.73 Å². The van der Waals surface area contributed by atoms with Crippen LogP contribution in [0.2, 0.25) is 0 Å². The van der Waals surface area contributed by atoms with E-state index in [0.29, 0.717) is 23.5 Å². The number of para-hydroxylation sites is 3. The number of benzene rings is 2. The third-order valence-corrected chi connectivity index (χ3v) is 4.67. The summed E-state index contributed by atoms with van der Waals surface area (Å²) < 4.78 is 1.57. The minimum absolute atomic E-state index is 0.198. The summed E-state index contributed by atoms with van der Waals surface area (Å²) in [6.07, 6.45) is 4.53. The monoisotopic (exact) mass is 396 g/mol. The molecule has 2 heterocycles. The fourth-order valence-electron chi connectivity index (χ4n) is 3.13. The summed E-state index contributed by atoms with van der Waals surface area (Å²) in [5.41, 5.74) is 8.72. The van der Waals surface area contributed by atoms with Gasteiger partial charge in [-0.15, -0.1) is 0 Å². The molecule has 0 saturated carbocycles. The molecule has 4 aromatic rings. The minimum atomic E-state index is -0.362. The molecule has 0 fully saturated rings. The van der Waals surface area contributed by atoms with Crippen molar-refractivity contribution >= 4 is 34.3 Å². The van der Waals surface area contributed by atoms with Crippen LogP contribution in [0.1, 0.15) is 11.3 Å². The fraction of sp³-hybridized carbons (Fsp3) is 0.0417. The van der Waals surface area contributed by atoms with Gasteiger partial charge in [-0.2, -0.15) is 0 Å². The van der Waals surface area contributed by atoms with Crippen LogP contribution in [-0.4, -0.2) is 15.5 Å². The van der Waals surface area contributed by atoms with Gasteiger partial charge in [-0.1, -0.05) is 36.4 Å². The highest BCUT2D eigenvalue weighted by Gasteiger charge is 2.05. The van der Waals surface area contributed by atoms with E-state index in [1.807, 2.05) is 36.4 Å². The molecule has 0 aliphatic heterocycles. The number of pyridine rings is 2. The molecule has 0 unspecified atom stereocenters. The van der Waals surface area contributed by atoms with Crippen molar-refractivity contribution in [1.29, 1.82) is 0 Å². The highest BCUT2D eigenvalue weighted by Crippen LogP contribution is 2.16. The lowest BCUT2D eigenvalue weighted by Crippen LogP contribution is -2.22. The fourth-order valence-corrected chi connectivity index (χ4v) is 3.13. The van der Waals surface area contributed by atoms with E-state index in [2.05, 4.69) is 10.3 Å². The van der Waals surface area contributed by atoms with Crippen LogP contribution in [0.15, 0.2) is 89.9 Å². The Bertz CT molecular complexity index is 1310. The number of hydrogen-bond donors (Lipinski definition) is 2. The average molecular weight is 396 g/mol. The number of hydrogen-bond acceptors (Lipinski definition) is 4. The van der Waals surface area contributed by atoms with Crippen molar-refractivity contribution in [2.75, 3.05) is 11.1 Å². The number of nitrogens with zero attached hydrogens (tertiary/aromatic N) is 2. The molecule has 4 rings (SSSR count). The molecule has 0 spiro atoms. The minimum Gasteiger partial charge on any atom is -0.397 e. The first-order valence-corrected chi connectivity index (χ1v) is 9.48. The van der Waals surface area contributed by atoms with Gasteiger partial charge in [-0.25, -0.2) is 0 Å². The first-order chi connectivity index (χ1) is 14.6. The largest absolute Gasteiger partial charge is 0.397 e. The Labute approximate surface area is 173 Å². The smallest absolute Gasteiger partial charge is 0.258 e. The third-order valence-electron chi connectivity index (χ3n) is 4.67. The van der Waals surface area contributed by atoms with Crippen molar-refractivity contribution in [3.05, 3.63) is 107 Å². The zero-order valence-corrected chi connectivity index (χ0v) is 16.2. The quantitative estimate of drug-likeness (QED) is 0.398. The number of aromatic nitrogens is 2. The highest BCUT2D eigenvalue weighted by atomic mass is 16.1. The molecule has 148 valence electrons. The van der Waals surface area contributed by atoms with Gasteiger partial charge < -0.3 is 15.6 Å². The number of nitrogen functional groups attached to an aromatic ring is 1. The molecule has 0 aliphatic rings. The molecule has 2 aromatic heterocycles. The molecular formula is C24H20N4O2. The first kappa shape index (κ1) is 19.1. The predicted molar refractivity (Wildman–Crippen MR) is 120 cm³/mol. The Kier molecular flexibility index (Phi) is 5.39. The van der Waals surface area contributed by atoms with E-state index >= 15 is 0 Å². The molecule has 0 aliphatic carbocycles. The number of anilines is 2. The number of carbonyl (C=O) groups is 1. The van der Waals surface area contributed by atoms with E-state index in [-0.39, 0.29) is 11.5 Å². The van der Waals surface area contributed by atoms with Gasteiger partial charge in [-0.05, 0) is 42.5 Å². The van der Waals surface area contributed by atoms with Gasteiger partial charge in [0.25, 0.3) is 5.56 Å². The van der Waals surface area contributed by atoms with Crippen molar-refractivity contribution in [3.8, 4) is 0 Å². The van der Waals surface area contributed by atoms with Crippen LogP contribution in [0.5, 0.6) is 0 Å². The van der Waals surface area contributed by atoms with Crippen LogP contribution < -0.4 is 16.6 Å². The maximum Gasteiger partial charge on any atom is 0.258 e. The van der Waals surface area contributed by atoms with Gasteiger partial charge >= 0.3 is 0 Å². The molecular weight excluding hydrogens is 376 g/mol.